The van der Waals surface area contributed by atoms with E-state index in [4.69, 9.17) is 4.74 Å². The maximum absolute atomic E-state index is 14.2. The van der Waals surface area contributed by atoms with Gasteiger partial charge in [0, 0.05) is 36.2 Å². The SMILES string of the molecule is CCOC(=O)/C(C)=C/[C@H](C(C)C)N(C)C(=O)[C@H](Cc1ccc(C(=O)c2ccccc2)cc1)NC(=O)C1CCCCN1C(C)CC. The second kappa shape index (κ2) is 17.1. The molecule has 1 heterocycles. The molecular weight excluding hydrogens is 566 g/mol. The van der Waals surface area contributed by atoms with Gasteiger partial charge in [-0.25, -0.2) is 4.79 Å². The van der Waals surface area contributed by atoms with E-state index in [1.54, 1.807) is 56.1 Å². The molecule has 0 spiro atoms. The molecule has 2 aromatic rings. The van der Waals surface area contributed by atoms with Crippen LogP contribution in [-0.2, 0) is 25.5 Å². The Morgan fingerprint density at radius 1 is 0.978 bits per heavy atom. The van der Waals surface area contributed by atoms with Gasteiger partial charge in [-0.15, -0.1) is 0 Å². The number of benzene rings is 2. The Kier molecular flexibility index (Phi) is 13.5. The van der Waals surface area contributed by atoms with Crippen molar-refractivity contribution in [3.63, 3.8) is 0 Å². The fourth-order valence-corrected chi connectivity index (χ4v) is 5.96. The van der Waals surface area contributed by atoms with Crippen molar-refractivity contribution in [1.29, 1.82) is 0 Å². The summed E-state index contributed by atoms with van der Waals surface area (Å²) in [7, 11) is 1.72. The van der Waals surface area contributed by atoms with E-state index in [1.807, 2.05) is 44.2 Å². The molecular formula is C37H51N3O5. The minimum absolute atomic E-state index is 0.00204. The third-order valence-corrected chi connectivity index (χ3v) is 8.81. The predicted octanol–water partition coefficient (Wildman–Crippen LogP) is 5.59. The Bertz CT molecular complexity index is 1320. The zero-order chi connectivity index (χ0) is 33.1. The van der Waals surface area contributed by atoms with Crippen LogP contribution in [0.3, 0.4) is 0 Å². The Labute approximate surface area is 269 Å². The van der Waals surface area contributed by atoms with Crippen molar-refractivity contribution >= 4 is 23.6 Å². The first-order chi connectivity index (χ1) is 21.5. The van der Waals surface area contributed by atoms with Crippen LogP contribution in [0.2, 0.25) is 0 Å². The van der Waals surface area contributed by atoms with Crippen LogP contribution in [-0.4, -0.2) is 77.7 Å². The quantitative estimate of drug-likeness (QED) is 0.169. The number of nitrogens with one attached hydrogen (secondary N) is 1. The normalized spacial score (nSPS) is 17.7. The molecule has 244 valence electrons. The number of ketones is 1. The molecule has 1 saturated heterocycles. The molecule has 1 fully saturated rings. The highest BCUT2D eigenvalue weighted by atomic mass is 16.5. The van der Waals surface area contributed by atoms with Gasteiger partial charge in [-0.3, -0.25) is 19.3 Å². The van der Waals surface area contributed by atoms with Gasteiger partial charge >= 0.3 is 5.97 Å². The number of likely N-dealkylation sites (tertiary alicyclic amines) is 1. The molecule has 2 amide bonds. The average molecular weight is 618 g/mol. The van der Waals surface area contributed by atoms with E-state index in [1.165, 1.54) is 0 Å². The summed E-state index contributed by atoms with van der Waals surface area (Å²) in [5.74, 6) is -0.875. The molecule has 8 nitrogen and oxygen atoms in total. The van der Waals surface area contributed by atoms with Gasteiger partial charge in [0.05, 0.1) is 18.7 Å². The molecule has 1 aliphatic rings. The summed E-state index contributed by atoms with van der Waals surface area (Å²) in [6.07, 6.45) is 5.74. The molecule has 1 aliphatic heterocycles. The van der Waals surface area contributed by atoms with Crippen molar-refractivity contribution in [3.8, 4) is 0 Å². The Hall–Kier alpha value is -3.78. The van der Waals surface area contributed by atoms with Crippen molar-refractivity contribution < 1.29 is 23.9 Å². The molecule has 3 rings (SSSR count). The number of hydrogen-bond acceptors (Lipinski definition) is 6. The molecule has 8 heteroatoms. The van der Waals surface area contributed by atoms with Crippen LogP contribution in [0.25, 0.3) is 0 Å². The molecule has 0 bridgehead atoms. The number of hydrogen-bond donors (Lipinski definition) is 1. The molecule has 45 heavy (non-hydrogen) atoms. The largest absolute Gasteiger partial charge is 0.463 e. The van der Waals surface area contributed by atoms with Gasteiger partial charge in [-0.1, -0.05) is 87.9 Å². The van der Waals surface area contributed by atoms with Crippen LogP contribution in [0.4, 0.5) is 0 Å². The van der Waals surface area contributed by atoms with Gasteiger partial charge in [0.15, 0.2) is 5.78 Å². The van der Waals surface area contributed by atoms with Crippen LogP contribution >= 0.6 is 0 Å². The molecule has 0 saturated carbocycles. The second-order valence-electron chi connectivity index (χ2n) is 12.4. The van der Waals surface area contributed by atoms with E-state index in [9.17, 15) is 19.2 Å². The maximum atomic E-state index is 14.2. The second-order valence-corrected chi connectivity index (χ2v) is 12.4. The van der Waals surface area contributed by atoms with Crippen LogP contribution in [0.15, 0.2) is 66.2 Å². The molecule has 0 radical (unpaired) electrons. The minimum Gasteiger partial charge on any atom is -0.463 e. The fourth-order valence-electron chi connectivity index (χ4n) is 5.96. The van der Waals surface area contributed by atoms with Crippen LogP contribution in [0.5, 0.6) is 0 Å². The van der Waals surface area contributed by atoms with E-state index in [2.05, 4.69) is 24.1 Å². The van der Waals surface area contributed by atoms with Crippen molar-refractivity contribution in [2.45, 2.75) is 97.8 Å². The summed E-state index contributed by atoms with van der Waals surface area (Å²) in [4.78, 5) is 57.3. The number of carbonyl (C=O) groups excluding carboxylic acids is 4. The number of ether oxygens (including phenoxy) is 1. The van der Waals surface area contributed by atoms with E-state index >= 15 is 0 Å². The van der Waals surface area contributed by atoms with E-state index in [0.717, 1.165) is 37.8 Å². The summed E-state index contributed by atoms with van der Waals surface area (Å²) < 4.78 is 5.17. The lowest BCUT2D eigenvalue weighted by atomic mass is 9.95. The highest BCUT2D eigenvalue weighted by Gasteiger charge is 2.35. The maximum Gasteiger partial charge on any atom is 0.333 e. The first-order valence-corrected chi connectivity index (χ1v) is 16.3. The van der Waals surface area contributed by atoms with Gasteiger partial charge < -0.3 is 15.0 Å². The Morgan fingerprint density at radius 2 is 1.62 bits per heavy atom. The highest BCUT2D eigenvalue weighted by molar-refractivity contribution is 6.09. The van der Waals surface area contributed by atoms with Crippen LogP contribution in [0, 0.1) is 5.92 Å². The number of esters is 1. The Balaban J connectivity index is 1.90. The summed E-state index contributed by atoms with van der Waals surface area (Å²) >= 11 is 0. The number of likely N-dealkylation sites (N-methyl/N-ethyl adjacent to an activating group) is 1. The zero-order valence-electron chi connectivity index (χ0n) is 28.0. The van der Waals surface area contributed by atoms with Crippen molar-refractivity contribution in [1.82, 2.24) is 15.1 Å². The lowest BCUT2D eigenvalue weighted by Gasteiger charge is -2.39. The lowest BCUT2D eigenvalue weighted by molar-refractivity contribution is -0.139. The third-order valence-electron chi connectivity index (χ3n) is 8.81. The van der Waals surface area contributed by atoms with Crippen LogP contribution in [0.1, 0.15) is 88.7 Å². The summed E-state index contributed by atoms with van der Waals surface area (Å²) in [6.45, 7) is 12.8. The van der Waals surface area contributed by atoms with Crippen LogP contribution < -0.4 is 5.32 Å². The summed E-state index contributed by atoms with van der Waals surface area (Å²) in [5.41, 5.74) is 2.42. The zero-order valence-corrected chi connectivity index (χ0v) is 28.0. The van der Waals surface area contributed by atoms with Gasteiger partial charge in [-0.05, 0) is 58.1 Å². The van der Waals surface area contributed by atoms with Gasteiger partial charge in [0.25, 0.3) is 0 Å². The Morgan fingerprint density at radius 3 is 2.22 bits per heavy atom. The first-order valence-electron chi connectivity index (χ1n) is 16.3. The van der Waals surface area contributed by atoms with E-state index < -0.39 is 18.1 Å². The van der Waals surface area contributed by atoms with Crippen molar-refractivity contribution in [3.05, 3.63) is 82.9 Å². The first kappa shape index (κ1) is 35.7. The van der Waals surface area contributed by atoms with Gasteiger partial charge in [0.1, 0.15) is 6.04 Å². The number of piperidine rings is 1. The molecule has 0 aromatic heterocycles. The number of nitrogens with zero attached hydrogens (tertiary/aromatic N) is 2. The summed E-state index contributed by atoms with van der Waals surface area (Å²) in [5, 5.41) is 3.13. The molecule has 2 aromatic carbocycles. The van der Waals surface area contributed by atoms with Gasteiger partial charge in [-0.2, -0.15) is 0 Å². The van der Waals surface area contributed by atoms with E-state index in [0.29, 0.717) is 16.7 Å². The number of rotatable bonds is 14. The molecule has 1 N–H and O–H groups in total. The average Bonchev–Trinajstić information content (AvgIpc) is 3.06. The predicted molar refractivity (Wildman–Crippen MR) is 178 cm³/mol. The standard InChI is InChI=1S/C37H51N3O5/c1-8-27(6)40-22-14-13-17-32(40)35(42)38-31(36(43)39(7)33(25(3)4)23-26(5)37(44)45-9-2)24-28-18-20-30(21-19-28)34(41)29-15-11-10-12-16-29/h10-12,15-16,18-21,23,25,27,31-33H,8-9,13-14,17,22,24H2,1-7H3,(H,38,42)/b26-23+/t27?,31-,32?,33+/m0/s1. The summed E-state index contributed by atoms with van der Waals surface area (Å²) in [6, 6.07) is 15.1. The topological polar surface area (TPSA) is 96.0 Å². The fraction of sp³-hybridized carbons (Fsp3) is 0.514. The monoisotopic (exact) mass is 617 g/mol. The van der Waals surface area contributed by atoms with Crippen molar-refractivity contribution in [2.24, 2.45) is 5.92 Å². The number of carbonyl (C=O) groups is 4. The number of amides is 2. The minimum atomic E-state index is -0.837. The molecule has 2 unspecified atom stereocenters. The molecule has 4 atom stereocenters. The van der Waals surface area contributed by atoms with E-state index in [-0.39, 0.29) is 48.6 Å². The lowest BCUT2D eigenvalue weighted by Crippen LogP contribution is -2.58. The smallest absolute Gasteiger partial charge is 0.333 e. The van der Waals surface area contributed by atoms with Crippen molar-refractivity contribution in [2.75, 3.05) is 20.2 Å². The third kappa shape index (κ3) is 9.60. The van der Waals surface area contributed by atoms with Gasteiger partial charge in [0.2, 0.25) is 11.8 Å². The highest BCUT2D eigenvalue weighted by Crippen LogP contribution is 2.23. The molecule has 0 aliphatic carbocycles.